The summed E-state index contributed by atoms with van der Waals surface area (Å²) < 4.78 is 9.69. The first-order chi connectivity index (χ1) is 8.56. The van der Waals surface area contributed by atoms with Crippen molar-refractivity contribution in [3.05, 3.63) is 29.3 Å². The van der Waals surface area contributed by atoms with E-state index in [0.717, 1.165) is 0 Å². The topological polar surface area (TPSA) is 88.4 Å². The van der Waals surface area contributed by atoms with Crippen LogP contribution in [0.5, 0.6) is 5.75 Å². The first kappa shape index (κ1) is 13.5. The number of rotatable bonds is 3. The number of hydrogen-bond donors (Lipinski definition) is 1. The number of hydrogen-bond acceptors (Lipinski definition) is 5. The predicted octanol–water partition coefficient (Wildman–Crippen LogP) is 1.34. The number of carbonyl (C=O) groups is 2. The highest BCUT2D eigenvalue weighted by molar-refractivity contribution is 5.70. The zero-order valence-electron chi connectivity index (χ0n) is 10.0. The molecular formula is C12H12N2O4. The number of nitriles is 1. The second-order valence-electron chi connectivity index (χ2n) is 3.36. The Morgan fingerprint density at radius 1 is 1.44 bits per heavy atom. The molecule has 0 unspecified atom stereocenters. The molecule has 0 aliphatic heterocycles. The van der Waals surface area contributed by atoms with Gasteiger partial charge in [0.15, 0.2) is 0 Å². The van der Waals surface area contributed by atoms with Crippen LogP contribution in [0.4, 0.5) is 4.79 Å². The minimum absolute atomic E-state index is 0.0364. The smallest absolute Gasteiger partial charge is 0.407 e. The van der Waals surface area contributed by atoms with Crippen molar-refractivity contribution in [1.82, 2.24) is 5.32 Å². The molecule has 0 aliphatic carbocycles. The molecule has 0 bridgehead atoms. The molecule has 94 valence electrons. The zero-order chi connectivity index (χ0) is 13.5. The van der Waals surface area contributed by atoms with Gasteiger partial charge < -0.3 is 14.8 Å². The Bertz CT molecular complexity index is 505. The van der Waals surface area contributed by atoms with Gasteiger partial charge in [0.1, 0.15) is 18.4 Å². The molecule has 1 rings (SSSR count). The Hall–Kier alpha value is -2.55. The third-order valence-corrected chi connectivity index (χ3v) is 1.99. The van der Waals surface area contributed by atoms with Gasteiger partial charge in [0.05, 0.1) is 5.56 Å². The third-order valence-electron chi connectivity index (χ3n) is 1.99. The van der Waals surface area contributed by atoms with Crippen LogP contribution in [0.25, 0.3) is 0 Å². The SMILES string of the molecule is CNC(=O)OCc1ccc(OC(C)=O)c(C#N)c1. The average molecular weight is 248 g/mol. The summed E-state index contributed by atoms with van der Waals surface area (Å²) in [6.45, 7) is 1.29. The summed E-state index contributed by atoms with van der Waals surface area (Å²) in [5.41, 5.74) is 0.842. The lowest BCUT2D eigenvalue weighted by Crippen LogP contribution is -2.18. The highest BCUT2D eigenvalue weighted by atomic mass is 16.5. The van der Waals surface area contributed by atoms with E-state index in [1.165, 1.54) is 26.1 Å². The Kier molecular flexibility index (Phi) is 4.69. The number of amides is 1. The molecule has 0 fully saturated rings. The number of alkyl carbamates (subject to hydrolysis) is 1. The molecule has 1 N–H and O–H groups in total. The van der Waals surface area contributed by atoms with E-state index >= 15 is 0 Å². The van der Waals surface area contributed by atoms with E-state index < -0.39 is 12.1 Å². The number of ether oxygens (including phenoxy) is 2. The number of nitrogens with zero attached hydrogens (tertiary/aromatic N) is 1. The summed E-state index contributed by atoms with van der Waals surface area (Å²) in [6.07, 6.45) is -0.558. The summed E-state index contributed by atoms with van der Waals surface area (Å²) in [5, 5.41) is 11.2. The summed E-state index contributed by atoms with van der Waals surface area (Å²) in [4.78, 5) is 21.7. The normalized spacial score (nSPS) is 9.17. The van der Waals surface area contributed by atoms with E-state index in [2.05, 4.69) is 5.32 Å². The van der Waals surface area contributed by atoms with Crippen LogP contribution >= 0.6 is 0 Å². The van der Waals surface area contributed by atoms with Crippen molar-refractivity contribution >= 4 is 12.1 Å². The molecule has 0 saturated heterocycles. The van der Waals surface area contributed by atoms with Gasteiger partial charge in [-0.05, 0) is 17.7 Å². The summed E-state index contributed by atoms with van der Waals surface area (Å²) in [6, 6.07) is 6.51. The Morgan fingerprint density at radius 2 is 2.17 bits per heavy atom. The van der Waals surface area contributed by atoms with Crippen LogP contribution in [0.15, 0.2) is 18.2 Å². The van der Waals surface area contributed by atoms with Crippen LogP contribution in [0.1, 0.15) is 18.1 Å². The maximum absolute atomic E-state index is 10.9. The van der Waals surface area contributed by atoms with Gasteiger partial charge >= 0.3 is 12.1 Å². The largest absolute Gasteiger partial charge is 0.445 e. The molecule has 6 nitrogen and oxygen atoms in total. The lowest BCUT2D eigenvalue weighted by atomic mass is 10.1. The first-order valence-corrected chi connectivity index (χ1v) is 5.12. The van der Waals surface area contributed by atoms with Crippen molar-refractivity contribution in [2.45, 2.75) is 13.5 Å². The fourth-order valence-corrected chi connectivity index (χ4v) is 1.22. The average Bonchev–Trinajstić information content (AvgIpc) is 2.36. The molecule has 0 heterocycles. The molecule has 0 spiro atoms. The first-order valence-electron chi connectivity index (χ1n) is 5.12. The van der Waals surface area contributed by atoms with E-state index in [9.17, 15) is 9.59 Å². The number of nitrogens with one attached hydrogen (secondary N) is 1. The summed E-state index contributed by atoms with van der Waals surface area (Å²) >= 11 is 0. The molecule has 0 saturated carbocycles. The maximum Gasteiger partial charge on any atom is 0.407 e. The molecule has 1 aromatic rings. The predicted molar refractivity (Wildman–Crippen MR) is 61.7 cm³/mol. The molecule has 1 aromatic carbocycles. The molecule has 1 amide bonds. The van der Waals surface area contributed by atoms with Crippen molar-refractivity contribution in [3.8, 4) is 11.8 Å². The molecule has 0 aliphatic rings. The van der Waals surface area contributed by atoms with E-state index in [1.54, 1.807) is 6.07 Å². The lowest BCUT2D eigenvalue weighted by molar-refractivity contribution is -0.131. The molecule has 6 heteroatoms. The standard InChI is InChI=1S/C12H12N2O4/c1-8(15)18-11-4-3-9(5-10(11)6-13)7-17-12(16)14-2/h3-5H,7H2,1-2H3,(H,14,16). The number of carbonyl (C=O) groups excluding carboxylic acids is 2. The van der Waals surface area contributed by atoms with Gasteiger partial charge in [-0.3, -0.25) is 4.79 Å². The highest BCUT2D eigenvalue weighted by Crippen LogP contribution is 2.20. The quantitative estimate of drug-likeness (QED) is 0.644. The van der Waals surface area contributed by atoms with Crippen LogP contribution in [0, 0.1) is 11.3 Å². The Morgan fingerprint density at radius 3 is 2.72 bits per heavy atom. The fourth-order valence-electron chi connectivity index (χ4n) is 1.22. The van der Waals surface area contributed by atoms with Crippen molar-refractivity contribution in [2.75, 3.05) is 7.05 Å². The van der Waals surface area contributed by atoms with Gasteiger partial charge in [-0.25, -0.2) is 4.79 Å². The van der Waals surface area contributed by atoms with E-state index in [-0.39, 0.29) is 17.9 Å². The lowest BCUT2D eigenvalue weighted by Gasteiger charge is -2.07. The van der Waals surface area contributed by atoms with Crippen molar-refractivity contribution in [2.24, 2.45) is 0 Å². The van der Waals surface area contributed by atoms with Gasteiger partial charge in [0.25, 0.3) is 0 Å². The summed E-state index contributed by atoms with van der Waals surface area (Å²) in [5.74, 6) is -0.311. The van der Waals surface area contributed by atoms with Crippen LogP contribution < -0.4 is 10.1 Å². The van der Waals surface area contributed by atoms with Gasteiger partial charge in [-0.15, -0.1) is 0 Å². The molecular weight excluding hydrogens is 236 g/mol. The van der Waals surface area contributed by atoms with E-state index in [0.29, 0.717) is 5.56 Å². The number of benzene rings is 1. The van der Waals surface area contributed by atoms with E-state index in [1.807, 2.05) is 6.07 Å². The number of esters is 1. The van der Waals surface area contributed by atoms with Crippen LogP contribution in [-0.2, 0) is 16.1 Å². The molecule has 0 atom stereocenters. The van der Waals surface area contributed by atoms with Crippen molar-refractivity contribution in [1.29, 1.82) is 5.26 Å². The van der Waals surface area contributed by atoms with Crippen molar-refractivity contribution < 1.29 is 19.1 Å². The highest BCUT2D eigenvalue weighted by Gasteiger charge is 2.08. The minimum Gasteiger partial charge on any atom is -0.445 e. The zero-order valence-corrected chi connectivity index (χ0v) is 10.0. The molecule has 0 radical (unpaired) electrons. The maximum atomic E-state index is 10.9. The Labute approximate surface area is 104 Å². The molecule has 18 heavy (non-hydrogen) atoms. The fraction of sp³-hybridized carbons (Fsp3) is 0.250. The monoisotopic (exact) mass is 248 g/mol. The summed E-state index contributed by atoms with van der Waals surface area (Å²) in [7, 11) is 1.45. The second kappa shape index (κ2) is 6.25. The molecule has 0 aromatic heterocycles. The second-order valence-corrected chi connectivity index (χ2v) is 3.36. The van der Waals surface area contributed by atoms with Crippen LogP contribution in [-0.4, -0.2) is 19.1 Å². The van der Waals surface area contributed by atoms with Gasteiger partial charge in [0, 0.05) is 14.0 Å². The van der Waals surface area contributed by atoms with Gasteiger partial charge in [-0.2, -0.15) is 5.26 Å². The Balaban J connectivity index is 2.82. The van der Waals surface area contributed by atoms with Crippen molar-refractivity contribution in [3.63, 3.8) is 0 Å². The minimum atomic E-state index is -0.558. The van der Waals surface area contributed by atoms with Crippen LogP contribution in [0.2, 0.25) is 0 Å². The van der Waals surface area contributed by atoms with Crippen LogP contribution in [0.3, 0.4) is 0 Å². The third kappa shape index (κ3) is 3.79. The van der Waals surface area contributed by atoms with Gasteiger partial charge in [0.2, 0.25) is 0 Å². The van der Waals surface area contributed by atoms with Gasteiger partial charge in [-0.1, -0.05) is 6.07 Å². The van der Waals surface area contributed by atoms with E-state index in [4.69, 9.17) is 14.7 Å².